The highest BCUT2D eigenvalue weighted by molar-refractivity contribution is 6.33. The lowest BCUT2D eigenvalue weighted by atomic mass is 9.98. The highest BCUT2D eigenvalue weighted by atomic mass is 35.5. The molecule has 90 valence electrons. The number of nitriles is 1. The molecule has 2 nitrogen and oxygen atoms in total. The fraction of sp³-hybridized carbons (Fsp3) is 0.500. The molecular formula is C14H17ClN2. The molecule has 2 rings (SSSR count). The number of piperidine rings is 1. The van der Waals surface area contributed by atoms with E-state index >= 15 is 0 Å². The van der Waals surface area contributed by atoms with E-state index in [-0.39, 0.29) is 5.92 Å². The number of aryl methyl sites for hydroxylation is 2. The average molecular weight is 249 g/mol. The Hall–Kier alpha value is -1.20. The van der Waals surface area contributed by atoms with Crippen LogP contribution in [0.4, 0.5) is 5.69 Å². The van der Waals surface area contributed by atoms with Crippen molar-refractivity contribution in [1.82, 2.24) is 0 Å². The molecule has 17 heavy (non-hydrogen) atoms. The maximum atomic E-state index is 9.03. The van der Waals surface area contributed by atoms with Crippen molar-refractivity contribution in [2.75, 3.05) is 18.0 Å². The maximum absolute atomic E-state index is 9.03. The molecule has 1 unspecified atom stereocenters. The van der Waals surface area contributed by atoms with Crippen LogP contribution in [0.15, 0.2) is 12.1 Å². The number of hydrogen-bond acceptors (Lipinski definition) is 2. The van der Waals surface area contributed by atoms with Crippen molar-refractivity contribution >= 4 is 17.3 Å². The third kappa shape index (κ3) is 2.56. The zero-order valence-corrected chi connectivity index (χ0v) is 11.1. The van der Waals surface area contributed by atoms with Gasteiger partial charge in [0.15, 0.2) is 0 Å². The Kier molecular flexibility index (Phi) is 3.59. The maximum Gasteiger partial charge on any atom is 0.0674 e. The van der Waals surface area contributed by atoms with E-state index in [4.69, 9.17) is 16.9 Å². The van der Waals surface area contributed by atoms with E-state index in [1.54, 1.807) is 0 Å². The fourth-order valence-corrected chi connectivity index (χ4v) is 3.03. The van der Waals surface area contributed by atoms with Gasteiger partial charge in [0.1, 0.15) is 0 Å². The van der Waals surface area contributed by atoms with Crippen molar-refractivity contribution in [3.05, 3.63) is 28.3 Å². The molecule has 1 fully saturated rings. The lowest BCUT2D eigenvalue weighted by Crippen LogP contribution is -2.35. The predicted molar refractivity (Wildman–Crippen MR) is 71.5 cm³/mol. The van der Waals surface area contributed by atoms with Crippen LogP contribution in [0.1, 0.15) is 24.0 Å². The molecular weight excluding hydrogens is 232 g/mol. The van der Waals surface area contributed by atoms with Gasteiger partial charge >= 0.3 is 0 Å². The Morgan fingerprint density at radius 2 is 2.18 bits per heavy atom. The minimum absolute atomic E-state index is 0.139. The summed E-state index contributed by atoms with van der Waals surface area (Å²) in [6.45, 7) is 5.95. The normalized spacial score (nSPS) is 20.1. The smallest absolute Gasteiger partial charge is 0.0674 e. The van der Waals surface area contributed by atoms with Crippen molar-refractivity contribution in [2.45, 2.75) is 26.7 Å². The van der Waals surface area contributed by atoms with E-state index in [0.717, 1.165) is 36.6 Å². The van der Waals surface area contributed by atoms with Crippen molar-refractivity contribution < 1.29 is 0 Å². The van der Waals surface area contributed by atoms with Gasteiger partial charge in [-0.2, -0.15) is 5.26 Å². The number of halogens is 1. The van der Waals surface area contributed by atoms with E-state index in [1.165, 1.54) is 11.1 Å². The average Bonchev–Trinajstić information content (AvgIpc) is 2.28. The number of nitrogens with zero attached hydrogens (tertiary/aromatic N) is 2. The fourth-order valence-electron chi connectivity index (χ4n) is 2.59. The summed E-state index contributed by atoms with van der Waals surface area (Å²) < 4.78 is 0. The third-order valence-electron chi connectivity index (χ3n) is 3.32. The van der Waals surface area contributed by atoms with Crippen LogP contribution in [-0.4, -0.2) is 13.1 Å². The van der Waals surface area contributed by atoms with Gasteiger partial charge in [0.2, 0.25) is 0 Å². The molecule has 1 aliphatic rings. The molecule has 1 aromatic rings. The SMILES string of the molecule is Cc1cc(C)c(N2CCCC(C#N)C2)c(Cl)c1. The molecule has 0 N–H and O–H groups in total. The highest BCUT2D eigenvalue weighted by Gasteiger charge is 2.22. The molecule has 1 atom stereocenters. The van der Waals surface area contributed by atoms with Gasteiger partial charge in [0.25, 0.3) is 0 Å². The minimum atomic E-state index is 0.139. The Balaban J connectivity index is 2.31. The van der Waals surface area contributed by atoms with Crippen molar-refractivity contribution in [1.29, 1.82) is 5.26 Å². The molecule has 0 amide bonds. The van der Waals surface area contributed by atoms with E-state index in [2.05, 4.69) is 30.9 Å². The van der Waals surface area contributed by atoms with Gasteiger partial charge in [-0.1, -0.05) is 17.7 Å². The van der Waals surface area contributed by atoms with E-state index in [0.29, 0.717) is 0 Å². The Morgan fingerprint density at radius 1 is 1.41 bits per heavy atom. The zero-order chi connectivity index (χ0) is 12.4. The standard InChI is InChI=1S/C14H17ClN2/c1-10-6-11(2)14(13(15)7-10)17-5-3-4-12(8-16)9-17/h6-7,12H,3-5,9H2,1-2H3. The molecule has 1 aliphatic heterocycles. The van der Waals surface area contributed by atoms with Gasteiger partial charge in [0, 0.05) is 13.1 Å². The van der Waals surface area contributed by atoms with Crippen LogP contribution in [0, 0.1) is 31.1 Å². The van der Waals surface area contributed by atoms with Gasteiger partial charge < -0.3 is 4.90 Å². The topological polar surface area (TPSA) is 27.0 Å². The predicted octanol–water partition coefficient (Wildman–Crippen LogP) is 3.70. The van der Waals surface area contributed by atoms with Gasteiger partial charge in [0.05, 0.1) is 22.7 Å². The van der Waals surface area contributed by atoms with E-state index < -0.39 is 0 Å². The van der Waals surface area contributed by atoms with Gasteiger partial charge in [-0.25, -0.2) is 0 Å². The lowest BCUT2D eigenvalue weighted by Gasteiger charge is -2.33. The number of benzene rings is 1. The minimum Gasteiger partial charge on any atom is -0.369 e. The van der Waals surface area contributed by atoms with Crippen LogP contribution in [0.3, 0.4) is 0 Å². The molecule has 0 spiro atoms. The first kappa shape index (κ1) is 12.3. The van der Waals surface area contributed by atoms with Crippen molar-refractivity contribution in [2.24, 2.45) is 5.92 Å². The molecule has 1 saturated heterocycles. The molecule has 1 heterocycles. The third-order valence-corrected chi connectivity index (χ3v) is 3.61. The van der Waals surface area contributed by atoms with Crippen LogP contribution in [0.2, 0.25) is 5.02 Å². The van der Waals surface area contributed by atoms with Crippen LogP contribution in [0.25, 0.3) is 0 Å². The van der Waals surface area contributed by atoms with Crippen molar-refractivity contribution in [3.8, 4) is 6.07 Å². The largest absolute Gasteiger partial charge is 0.369 e. The summed E-state index contributed by atoms with van der Waals surface area (Å²) >= 11 is 6.33. The van der Waals surface area contributed by atoms with Crippen molar-refractivity contribution in [3.63, 3.8) is 0 Å². The summed E-state index contributed by atoms with van der Waals surface area (Å²) in [5.41, 5.74) is 3.50. The molecule has 3 heteroatoms. The molecule has 0 bridgehead atoms. The van der Waals surface area contributed by atoms with Crippen LogP contribution < -0.4 is 4.90 Å². The first-order valence-electron chi connectivity index (χ1n) is 6.03. The summed E-state index contributed by atoms with van der Waals surface area (Å²) in [7, 11) is 0. The van der Waals surface area contributed by atoms with E-state index in [1.807, 2.05) is 6.07 Å². The Labute approximate surface area is 108 Å². The second-order valence-corrected chi connectivity index (χ2v) is 5.23. The van der Waals surface area contributed by atoms with Gasteiger partial charge in [-0.05, 0) is 43.9 Å². The lowest BCUT2D eigenvalue weighted by molar-refractivity contribution is 0.493. The molecule has 0 aliphatic carbocycles. The number of hydrogen-bond donors (Lipinski definition) is 0. The zero-order valence-electron chi connectivity index (χ0n) is 10.3. The second kappa shape index (κ2) is 4.98. The molecule has 0 radical (unpaired) electrons. The summed E-state index contributed by atoms with van der Waals surface area (Å²) in [6.07, 6.45) is 2.08. The summed E-state index contributed by atoms with van der Waals surface area (Å²) in [5.74, 6) is 0.139. The van der Waals surface area contributed by atoms with Crippen LogP contribution in [-0.2, 0) is 0 Å². The quantitative estimate of drug-likeness (QED) is 0.758. The monoisotopic (exact) mass is 248 g/mol. The van der Waals surface area contributed by atoms with Crippen LogP contribution >= 0.6 is 11.6 Å². The highest BCUT2D eigenvalue weighted by Crippen LogP contribution is 2.33. The summed E-state index contributed by atoms with van der Waals surface area (Å²) in [5, 5.41) is 9.84. The molecule has 0 aromatic heterocycles. The molecule has 1 aromatic carbocycles. The first-order valence-corrected chi connectivity index (χ1v) is 6.41. The first-order chi connectivity index (χ1) is 8.11. The number of anilines is 1. The summed E-state index contributed by atoms with van der Waals surface area (Å²) in [4.78, 5) is 2.26. The van der Waals surface area contributed by atoms with Crippen LogP contribution in [0.5, 0.6) is 0 Å². The second-order valence-electron chi connectivity index (χ2n) is 4.83. The summed E-state index contributed by atoms with van der Waals surface area (Å²) in [6, 6.07) is 6.52. The Morgan fingerprint density at radius 3 is 2.82 bits per heavy atom. The number of rotatable bonds is 1. The molecule has 0 saturated carbocycles. The van der Waals surface area contributed by atoms with E-state index in [9.17, 15) is 0 Å². The Bertz CT molecular complexity index is 439. The van der Waals surface area contributed by atoms with Gasteiger partial charge in [-0.3, -0.25) is 0 Å². The van der Waals surface area contributed by atoms with Gasteiger partial charge in [-0.15, -0.1) is 0 Å².